The molecule has 0 spiro atoms. The molecule has 0 bridgehead atoms. The Morgan fingerprint density at radius 1 is 1.30 bits per heavy atom. The number of anilines is 1. The van der Waals surface area contributed by atoms with Crippen LogP contribution < -0.4 is 5.32 Å². The van der Waals surface area contributed by atoms with E-state index in [9.17, 15) is 0 Å². The monoisotopic (exact) mass is 267 g/mol. The van der Waals surface area contributed by atoms with Crippen molar-refractivity contribution in [2.75, 3.05) is 5.32 Å². The number of benzene rings is 1. The summed E-state index contributed by atoms with van der Waals surface area (Å²) in [5.74, 6) is 0. The van der Waals surface area contributed by atoms with Crippen LogP contribution >= 0.6 is 0 Å². The second kappa shape index (κ2) is 5.61. The lowest BCUT2D eigenvalue weighted by molar-refractivity contribution is 0.687. The summed E-state index contributed by atoms with van der Waals surface area (Å²) in [6, 6.07) is 10.3. The van der Waals surface area contributed by atoms with Crippen LogP contribution in [0.2, 0.25) is 0 Å². The minimum atomic E-state index is 0.771. The van der Waals surface area contributed by atoms with Gasteiger partial charge in [-0.3, -0.25) is 9.78 Å². The highest BCUT2D eigenvalue weighted by atomic mass is 15.3. The van der Waals surface area contributed by atoms with Crippen LogP contribution in [0.5, 0.6) is 0 Å². The maximum absolute atomic E-state index is 4.22. The molecule has 0 fully saturated rings. The first-order chi connectivity index (χ1) is 9.81. The molecule has 2 aromatic heterocycles. The van der Waals surface area contributed by atoms with Crippen LogP contribution in [-0.2, 0) is 13.1 Å². The van der Waals surface area contributed by atoms with Gasteiger partial charge in [-0.1, -0.05) is 12.1 Å². The number of rotatable bonds is 5. The van der Waals surface area contributed by atoms with Crippen molar-refractivity contribution in [3.8, 4) is 0 Å². The molecule has 0 saturated heterocycles. The molecule has 2 heterocycles. The van der Waals surface area contributed by atoms with Gasteiger partial charge in [0.05, 0.1) is 12.7 Å². The highest BCUT2D eigenvalue weighted by molar-refractivity contribution is 5.46. The Morgan fingerprint density at radius 2 is 2.25 bits per heavy atom. The molecule has 5 nitrogen and oxygen atoms in total. The summed E-state index contributed by atoms with van der Waals surface area (Å²) in [6.07, 6.45) is 5.62. The quantitative estimate of drug-likeness (QED) is 0.747. The number of aryl methyl sites for hydroxylation is 1. The number of nitrogens with one attached hydrogen (secondary N) is 2. The fourth-order valence-electron chi connectivity index (χ4n) is 2.11. The van der Waals surface area contributed by atoms with E-state index in [0.29, 0.717) is 0 Å². The van der Waals surface area contributed by atoms with Gasteiger partial charge in [-0.25, -0.2) is 0 Å². The first-order valence-corrected chi connectivity index (χ1v) is 6.60. The lowest BCUT2D eigenvalue weighted by Crippen LogP contribution is -2.03. The van der Waals surface area contributed by atoms with Gasteiger partial charge in [-0.05, 0) is 30.7 Å². The van der Waals surface area contributed by atoms with E-state index >= 15 is 0 Å². The zero-order valence-corrected chi connectivity index (χ0v) is 11.4. The third-order valence-electron chi connectivity index (χ3n) is 3.25. The smallest absolute Gasteiger partial charge is 0.0660 e. The maximum Gasteiger partial charge on any atom is 0.0660 e. The Labute approximate surface area is 117 Å². The Morgan fingerprint density at radius 3 is 3.00 bits per heavy atom. The van der Waals surface area contributed by atoms with Crippen LogP contribution in [0.15, 0.2) is 48.9 Å². The van der Waals surface area contributed by atoms with E-state index in [-0.39, 0.29) is 0 Å². The topological polar surface area (TPSA) is 58.5 Å². The maximum atomic E-state index is 4.22. The molecule has 0 aliphatic heterocycles. The van der Waals surface area contributed by atoms with Crippen LogP contribution in [0.4, 0.5) is 5.69 Å². The minimum Gasteiger partial charge on any atom is -0.381 e. The summed E-state index contributed by atoms with van der Waals surface area (Å²) in [6.45, 7) is 3.58. The number of nitrogens with zero attached hydrogens (tertiary/aromatic N) is 3. The Balaban J connectivity index is 1.67. The van der Waals surface area contributed by atoms with E-state index < -0.39 is 0 Å². The summed E-state index contributed by atoms with van der Waals surface area (Å²) in [4.78, 5) is 0. The molecule has 0 radical (unpaired) electrons. The molecule has 3 aromatic rings. The fraction of sp³-hybridized carbons (Fsp3) is 0.200. The lowest BCUT2D eigenvalue weighted by Gasteiger charge is -2.08. The second-order valence-corrected chi connectivity index (χ2v) is 4.78. The second-order valence-electron chi connectivity index (χ2n) is 4.78. The SMILES string of the molecule is Cc1[nH]ncc1CNc1cccc(Cn2cccn2)c1. The highest BCUT2D eigenvalue weighted by Gasteiger charge is 2.01. The van der Waals surface area contributed by atoms with Crippen molar-refractivity contribution in [1.82, 2.24) is 20.0 Å². The molecule has 0 saturated carbocycles. The zero-order chi connectivity index (χ0) is 13.8. The Hall–Kier alpha value is -2.56. The summed E-state index contributed by atoms with van der Waals surface area (Å²) in [5, 5.41) is 14.6. The summed E-state index contributed by atoms with van der Waals surface area (Å²) in [5.41, 5.74) is 4.62. The highest BCUT2D eigenvalue weighted by Crippen LogP contribution is 2.13. The van der Waals surface area contributed by atoms with Gasteiger partial charge >= 0.3 is 0 Å². The fourth-order valence-corrected chi connectivity index (χ4v) is 2.11. The first-order valence-electron chi connectivity index (χ1n) is 6.60. The van der Waals surface area contributed by atoms with Crippen LogP contribution in [0.3, 0.4) is 0 Å². The van der Waals surface area contributed by atoms with Gasteiger partial charge in [-0.2, -0.15) is 10.2 Å². The van der Waals surface area contributed by atoms with Crippen molar-refractivity contribution in [2.45, 2.75) is 20.0 Å². The van der Waals surface area contributed by atoms with Gasteiger partial charge in [-0.15, -0.1) is 0 Å². The van der Waals surface area contributed by atoms with Gasteiger partial charge in [0.15, 0.2) is 0 Å². The van der Waals surface area contributed by atoms with Gasteiger partial charge in [0.25, 0.3) is 0 Å². The molecule has 2 N–H and O–H groups in total. The molecule has 1 aromatic carbocycles. The van der Waals surface area contributed by atoms with Crippen molar-refractivity contribution in [3.05, 3.63) is 65.7 Å². The van der Waals surface area contributed by atoms with E-state index in [1.54, 1.807) is 6.20 Å². The van der Waals surface area contributed by atoms with Crippen molar-refractivity contribution >= 4 is 5.69 Å². The standard InChI is InChI=1S/C15H17N5/c1-12-14(10-17-19-12)9-16-15-5-2-4-13(8-15)11-20-7-3-6-18-20/h2-8,10,16H,9,11H2,1H3,(H,17,19). The average Bonchev–Trinajstić information content (AvgIpc) is 3.09. The van der Waals surface area contributed by atoms with E-state index in [1.807, 2.05) is 30.1 Å². The Bertz CT molecular complexity index is 669. The molecular weight excluding hydrogens is 250 g/mol. The number of hydrogen-bond donors (Lipinski definition) is 2. The lowest BCUT2D eigenvalue weighted by atomic mass is 10.2. The molecule has 102 valence electrons. The molecule has 0 unspecified atom stereocenters. The summed E-state index contributed by atoms with van der Waals surface area (Å²) >= 11 is 0. The molecular formula is C15H17N5. The van der Waals surface area contributed by atoms with Gasteiger partial charge in [0.1, 0.15) is 0 Å². The summed E-state index contributed by atoms with van der Waals surface area (Å²) in [7, 11) is 0. The predicted molar refractivity (Wildman–Crippen MR) is 78.4 cm³/mol. The van der Waals surface area contributed by atoms with Crippen molar-refractivity contribution < 1.29 is 0 Å². The van der Waals surface area contributed by atoms with Crippen LogP contribution in [0.25, 0.3) is 0 Å². The van der Waals surface area contributed by atoms with Gasteiger partial charge < -0.3 is 5.32 Å². The third kappa shape index (κ3) is 2.88. The van der Waals surface area contributed by atoms with Gasteiger partial charge in [0, 0.05) is 35.9 Å². The molecule has 0 aliphatic rings. The molecule has 0 amide bonds. The first kappa shape index (κ1) is 12.5. The van der Waals surface area contributed by atoms with E-state index in [2.05, 4.69) is 44.9 Å². The largest absolute Gasteiger partial charge is 0.381 e. The Kier molecular flexibility index (Phi) is 3.50. The van der Waals surface area contributed by atoms with Crippen LogP contribution in [0, 0.1) is 6.92 Å². The molecule has 0 atom stereocenters. The van der Waals surface area contributed by atoms with Crippen molar-refractivity contribution in [1.29, 1.82) is 0 Å². The predicted octanol–water partition coefficient (Wildman–Crippen LogP) is 2.58. The number of H-pyrrole nitrogens is 1. The number of hydrogen-bond acceptors (Lipinski definition) is 3. The van der Waals surface area contributed by atoms with Crippen LogP contribution in [-0.4, -0.2) is 20.0 Å². The normalized spacial score (nSPS) is 10.7. The van der Waals surface area contributed by atoms with Crippen LogP contribution in [0.1, 0.15) is 16.8 Å². The zero-order valence-electron chi connectivity index (χ0n) is 11.4. The van der Waals surface area contributed by atoms with E-state index in [4.69, 9.17) is 0 Å². The number of aromatic amines is 1. The van der Waals surface area contributed by atoms with Crippen molar-refractivity contribution in [3.63, 3.8) is 0 Å². The molecule has 0 aliphatic carbocycles. The molecule has 20 heavy (non-hydrogen) atoms. The molecule has 5 heteroatoms. The average molecular weight is 267 g/mol. The summed E-state index contributed by atoms with van der Waals surface area (Å²) < 4.78 is 1.92. The van der Waals surface area contributed by atoms with E-state index in [0.717, 1.165) is 24.5 Å². The van der Waals surface area contributed by atoms with Gasteiger partial charge in [0.2, 0.25) is 0 Å². The third-order valence-corrected chi connectivity index (χ3v) is 3.25. The number of aromatic nitrogens is 4. The molecule has 3 rings (SSSR count). The van der Waals surface area contributed by atoms with E-state index in [1.165, 1.54) is 11.1 Å². The van der Waals surface area contributed by atoms with Crippen molar-refractivity contribution in [2.24, 2.45) is 0 Å². The minimum absolute atomic E-state index is 0.771.